The van der Waals surface area contributed by atoms with Crippen molar-refractivity contribution in [2.75, 3.05) is 0 Å². The molecule has 2 aliphatic rings. The van der Waals surface area contributed by atoms with E-state index in [1.165, 1.54) is 32.6 Å². The Kier molecular flexibility index (Phi) is 3.06. The maximum atomic E-state index is 11.3. The Balaban J connectivity index is 1.60. The summed E-state index contributed by atoms with van der Waals surface area (Å²) in [5.74, 6) is 1.77. The van der Waals surface area contributed by atoms with Gasteiger partial charge in [-0.2, -0.15) is 0 Å². The molecular weight excluding hydrogens is 284 g/mol. The van der Waals surface area contributed by atoms with E-state index in [0.29, 0.717) is 17.7 Å². The Bertz CT molecular complexity index is 686. The van der Waals surface area contributed by atoms with Crippen LogP contribution in [0.3, 0.4) is 0 Å². The second kappa shape index (κ2) is 4.94. The molecular formula is C15H16N4OS. The molecule has 108 valence electrons. The summed E-state index contributed by atoms with van der Waals surface area (Å²) in [5.41, 5.74) is 0.502. The summed E-state index contributed by atoms with van der Waals surface area (Å²) in [5, 5.41) is 9.73. The fourth-order valence-electron chi connectivity index (χ4n) is 2.41. The lowest BCUT2D eigenvalue weighted by molar-refractivity contribution is 0.101. The second-order valence-corrected chi connectivity index (χ2v) is 6.79. The van der Waals surface area contributed by atoms with Crippen LogP contribution in [0, 0.1) is 0 Å². The number of Topliss-reactive ketones (excluding diaryl/α,β-unsaturated/α-hetero) is 1. The normalized spacial score (nSPS) is 18.0. The van der Waals surface area contributed by atoms with Crippen molar-refractivity contribution in [3.8, 4) is 0 Å². The number of nitrogens with zero attached hydrogens (tertiary/aromatic N) is 4. The first-order valence-electron chi connectivity index (χ1n) is 7.32. The van der Waals surface area contributed by atoms with E-state index in [4.69, 9.17) is 0 Å². The van der Waals surface area contributed by atoms with Gasteiger partial charge in [0, 0.05) is 30.0 Å². The fourth-order valence-corrected chi connectivity index (χ4v) is 3.28. The summed E-state index contributed by atoms with van der Waals surface area (Å²) >= 11 is 1.58. The lowest BCUT2D eigenvalue weighted by Crippen LogP contribution is -2.02. The molecule has 0 unspecified atom stereocenters. The van der Waals surface area contributed by atoms with E-state index < -0.39 is 0 Å². The van der Waals surface area contributed by atoms with Gasteiger partial charge in [-0.05, 0) is 49.6 Å². The van der Waals surface area contributed by atoms with E-state index in [1.807, 2.05) is 6.07 Å². The van der Waals surface area contributed by atoms with Crippen LogP contribution >= 0.6 is 11.8 Å². The van der Waals surface area contributed by atoms with Gasteiger partial charge < -0.3 is 4.57 Å². The Morgan fingerprint density at radius 3 is 2.62 bits per heavy atom. The topological polar surface area (TPSA) is 60.7 Å². The summed E-state index contributed by atoms with van der Waals surface area (Å²) < 4.78 is 2.32. The zero-order valence-corrected chi connectivity index (χ0v) is 12.6. The van der Waals surface area contributed by atoms with Crippen LogP contribution in [0.2, 0.25) is 0 Å². The molecule has 4 rings (SSSR count). The maximum absolute atomic E-state index is 11.3. The Morgan fingerprint density at radius 1 is 1.24 bits per heavy atom. The van der Waals surface area contributed by atoms with Gasteiger partial charge >= 0.3 is 0 Å². The summed E-state index contributed by atoms with van der Waals surface area (Å²) in [6, 6.07) is 4.28. The van der Waals surface area contributed by atoms with Gasteiger partial charge in [-0.25, -0.2) is 0 Å². The van der Waals surface area contributed by atoms with Crippen molar-refractivity contribution in [2.24, 2.45) is 0 Å². The Morgan fingerprint density at radius 2 is 2.05 bits per heavy atom. The summed E-state index contributed by atoms with van der Waals surface area (Å²) in [6.45, 7) is 1.53. The van der Waals surface area contributed by atoms with Crippen molar-refractivity contribution in [2.45, 2.75) is 54.6 Å². The van der Waals surface area contributed by atoms with Crippen molar-refractivity contribution in [1.82, 2.24) is 19.7 Å². The first kappa shape index (κ1) is 13.0. The van der Waals surface area contributed by atoms with Crippen molar-refractivity contribution in [3.63, 3.8) is 0 Å². The largest absolute Gasteiger partial charge is 0.302 e. The number of carbonyl (C=O) groups excluding carboxylic acids is 1. The second-order valence-electron chi connectivity index (χ2n) is 5.75. The molecule has 21 heavy (non-hydrogen) atoms. The number of ketones is 1. The van der Waals surface area contributed by atoms with Crippen LogP contribution < -0.4 is 0 Å². The average molecular weight is 300 g/mol. The molecule has 0 radical (unpaired) electrons. The predicted molar refractivity (Wildman–Crippen MR) is 78.6 cm³/mol. The van der Waals surface area contributed by atoms with Crippen molar-refractivity contribution in [1.29, 1.82) is 0 Å². The summed E-state index contributed by atoms with van der Waals surface area (Å²) in [7, 11) is 0. The van der Waals surface area contributed by atoms with E-state index >= 15 is 0 Å². The van der Waals surface area contributed by atoms with Crippen LogP contribution in [-0.2, 0) is 0 Å². The zero-order chi connectivity index (χ0) is 14.4. The monoisotopic (exact) mass is 300 g/mol. The zero-order valence-electron chi connectivity index (χ0n) is 11.8. The molecule has 2 saturated carbocycles. The lowest BCUT2D eigenvalue weighted by Gasteiger charge is -2.07. The first-order chi connectivity index (χ1) is 10.2. The van der Waals surface area contributed by atoms with Crippen LogP contribution in [-0.4, -0.2) is 25.5 Å². The average Bonchev–Trinajstić information content (AvgIpc) is 3.39. The van der Waals surface area contributed by atoms with Crippen LogP contribution in [0.25, 0.3) is 0 Å². The highest BCUT2D eigenvalue weighted by Crippen LogP contribution is 2.46. The summed E-state index contributed by atoms with van der Waals surface area (Å²) in [6.07, 6.45) is 6.68. The molecule has 2 fully saturated rings. The number of hydrogen-bond donors (Lipinski definition) is 0. The minimum absolute atomic E-state index is 0.0104. The Hall–Kier alpha value is -1.69. The minimum atomic E-state index is -0.0104. The number of carbonyl (C=O) groups is 1. The molecule has 0 bridgehead atoms. The quantitative estimate of drug-likeness (QED) is 0.793. The molecule has 0 N–H and O–H groups in total. The van der Waals surface area contributed by atoms with Gasteiger partial charge in [-0.1, -0.05) is 0 Å². The lowest BCUT2D eigenvalue weighted by atomic mass is 10.3. The molecule has 0 saturated heterocycles. The molecule has 0 amide bonds. The molecule has 0 aliphatic heterocycles. The van der Waals surface area contributed by atoms with Crippen LogP contribution in [0.5, 0.6) is 0 Å². The number of pyridine rings is 1. The standard InChI is InChI=1S/C15H16N4OS/c1-9(20)13-7-6-12(8-16-13)21-15-18-17-14(10-2-3-10)19(15)11-4-5-11/h6-8,10-11H,2-5H2,1H3. The van der Waals surface area contributed by atoms with Gasteiger partial charge in [0.15, 0.2) is 10.9 Å². The van der Waals surface area contributed by atoms with Gasteiger partial charge in [0.2, 0.25) is 0 Å². The molecule has 0 spiro atoms. The SMILES string of the molecule is CC(=O)c1ccc(Sc2nnc(C3CC3)n2C2CC2)cn1. The van der Waals surface area contributed by atoms with Gasteiger partial charge in [0.25, 0.3) is 0 Å². The predicted octanol–water partition coefficient (Wildman–Crippen LogP) is 3.24. The number of aromatic nitrogens is 4. The van der Waals surface area contributed by atoms with Crippen LogP contribution in [0.15, 0.2) is 28.4 Å². The van der Waals surface area contributed by atoms with E-state index in [2.05, 4.69) is 19.7 Å². The van der Waals surface area contributed by atoms with Crippen LogP contribution in [0.1, 0.15) is 60.9 Å². The highest BCUT2D eigenvalue weighted by atomic mass is 32.2. The van der Waals surface area contributed by atoms with Crippen molar-refractivity contribution >= 4 is 17.5 Å². The third-order valence-corrected chi connectivity index (χ3v) is 4.79. The van der Waals surface area contributed by atoms with Crippen molar-refractivity contribution in [3.05, 3.63) is 29.8 Å². The summed E-state index contributed by atoms with van der Waals surface area (Å²) in [4.78, 5) is 16.4. The molecule has 2 aromatic heterocycles. The molecule has 2 heterocycles. The van der Waals surface area contributed by atoms with E-state index in [9.17, 15) is 4.79 Å². The van der Waals surface area contributed by atoms with Gasteiger partial charge in [0.05, 0.1) is 0 Å². The minimum Gasteiger partial charge on any atom is -0.302 e. The van der Waals surface area contributed by atoms with Gasteiger partial charge in [-0.15, -0.1) is 10.2 Å². The van der Waals surface area contributed by atoms with E-state index in [1.54, 1.807) is 24.0 Å². The van der Waals surface area contributed by atoms with Crippen LogP contribution in [0.4, 0.5) is 0 Å². The fraction of sp³-hybridized carbons (Fsp3) is 0.467. The highest BCUT2D eigenvalue weighted by molar-refractivity contribution is 7.99. The van der Waals surface area contributed by atoms with E-state index in [0.717, 1.165) is 15.9 Å². The Labute approximate surface area is 127 Å². The van der Waals surface area contributed by atoms with E-state index in [-0.39, 0.29) is 5.78 Å². The molecule has 5 nitrogen and oxygen atoms in total. The molecule has 2 aromatic rings. The third kappa shape index (κ3) is 2.60. The molecule has 6 heteroatoms. The van der Waals surface area contributed by atoms with Crippen molar-refractivity contribution < 1.29 is 4.79 Å². The highest BCUT2D eigenvalue weighted by Gasteiger charge is 2.36. The third-order valence-electron chi connectivity index (χ3n) is 3.85. The molecule has 0 atom stereocenters. The van der Waals surface area contributed by atoms with Gasteiger partial charge in [-0.3, -0.25) is 9.78 Å². The molecule has 0 aromatic carbocycles. The van der Waals surface area contributed by atoms with Gasteiger partial charge in [0.1, 0.15) is 11.5 Å². The number of hydrogen-bond acceptors (Lipinski definition) is 5. The molecule has 2 aliphatic carbocycles. The first-order valence-corrected chi connectivity index (χ1v) is 8.13. The maximum Gasteiger partial charge on any atom is 0.196 e. The number of rotatable bonds is 5. The smallest absolute Gasteiger partial charge is 0.196 e.